The fraction of sp³-hybridized carbons (Fsp3) is 0.192. The first kappa shape index (κ1) is 21.2. The highest BCUT2D eigenvalue weighted by atomic mass is 16.5. The van der Waals surface area contributed by atoms with Crippen LogP contribution in [0.3, 0.4) is 0 Å². The number of fused-ring (bicyclic) bond motifs is 2. The van der Waals surface area contributed by atoms with E-state index in [0.29, 0.717) is 44.4 Å². The number of amides is 1. The second-order valence-corrected chi connectivity index (χ2v) is 8.33. The van der Waals surface area contributed by atoms with Crippen LogP contribution in [0.5, 0.6) is 0 Å². The van der Waals surface area contributed by atoms with Gasteiger partial charge in [0.05, 0.1) is 42.6 Å². The van der Waals surface area contributed by atoms with Gasteiger partial charge in [-0.25, -0.2) is 0 Å². The lowest BCUT2D eigenvalue weighted by Gasteiger charge is -2.29. The van der Waals surface area contributed by atoms with Crippen molar-refractivity contribution >= 4 is 33.8 Å². The normalized spacial score (nSPS) is 14.6. The minimum atomic E-state index is -0.351. The molecule has 1 saturated heterocycles. The molecule has 0 spiro atoms. The molecule has 1 aliphatic rings. The van der Waals surface area contributed by atoms with Crippen molar-refractivity contribution in [2.75, 3.05) is 26.3 Å². The third-order valence-electron chi connectivity index (χ3n) is 6.13. The van der Waals surface area contributed by atoms with E-state index in [4.69, 9.17) is 4.74 Å². The molecule has 0 saturated carbocycles. The van der Waals surface area contributed by atoms with Crippen molar-refractivity contribution in [2.24, 2.45) is 4.99 Å². The van der Waals surface area contributed by atoms with Crippen LogP contribution in [-0.4, -0.2) is 67.8 Å². The molecule has 1 amide bonds. The van der Waals surface area contributed by atoms with E-state index in [1.54, 1.807) is 16.9 Å². The highest BCUT2D eigenvalue weighted by Crippen LogP contribution is 2.21. The zero-order valence-corrected chi connectivity index (χ0v) is 19.0. The van der Waals surface area contributed by atoms with Crippen LogP contribution in [-0.2, 0) is 11.3 Å². The molecule has 0 aliphatic carbocycles. The number of hydrogen-bond acceptors (Lipinski definition) is 5. The van der Waals surface area contributed by atoms with Crippen LogP contribution in [0.4, 0.5) is 0 Å². The number of nitrogens with zero attached hydrogens (tertiary/aromatic N) is 7. The van der Waals surface area contributed by atoms with E-state index >= 15 is 0 Å². The van der Waals surface area contributed by atoms with E-state index < -0.39 is 0 Å². The molecule has 9 heteroatoms. The van der Waals surface area contributed by atoms with Gasteiger partial charge >= 0.3 is 0 Å². The Bertz CT molecular complexity index is 1530. The second kappa shape index (κ2) is 9.11. The number of morpholine rings is 1. The van der Waals surface area contributed by atoms with Crippen molar-refractivity contribution in [3.63, 3.8) is 0 Å². The largest absolute Gasteiger partial charge is 0.378 e. The van der Waals surface area contributed by atoms with Crippen LogP contribution in [0.25, 0.3) is 21.9 Å². The number of rotatable bonds is 3. The lowest BCUT2D eigenvalue weighted by molar-refractivity contribution is 0.0660. The number of aromatic nitrogens is 5. The Hall–Kier alpha value is -4.37. The molecule has 0 N–H and O–H groups in total. The summed E-state index contributed by atoms with van der Waals surface area (Å²) >= 11 is 0. The molecule has 9 nitrogen and oxygen atoms in total. The Morgan fingerprint density at radius 2 is 1.69 bits per heavy atom. The van der Waals surface area contributed by atoms with E-state index in [1.807, 2.05) is 64.2 Å². The van der Waals surface area contributed by atoms with Crippen molar-refractivity contribution in [2.45, 2.75) is 6.54 Å². The Morgan fingerprint density at radius 3 is 2.54 bits per heavy atom. The summed E-state index contributed by atoms with van der Waals surface area (Å²) in [5.74, 6) is 0.0941. The van der Waals surface area contributed by atoms with Crippen molar-refractivity contribution in [1.82, 2.24) is 29.7 Å². The first-order valence-corrected chi connectivity index (χ1v) is 11.5. The van der Waals surface area contributed by atoms with Gasteiger partial charge in [0, 0.05) is 18.5 Å². The number of benzene rings is 3. The van der Waals surface area contributed by atoms with E-state index in [9.17, 15) is 4.79 Å². The fourth-order valence-electron chi connectivity index (χ4n) is 4.36. The molecular formula is C26H23N7O2. The third kappa shape index (κ3) is 4.06. The number of ether oxygens (including phenoxy) is 1. The number of aliphatic imine (C=N–C) groups is 1. The molecule has 2 aromatic heterocycles. The summed E-state index contributed by atoms with van der Waals surface area (Å²) in [5.41, 5.74) is 4.05. The number of carbonyl (C=O) groups excluding carboxylic acids is 1. The Morgan fingerprint density at radius 1 is 0.914 bits per heavy atom. The highest BCUT2D eigenvalue weighted by Gasteiger charge is 2.23. The first-order valence-electron chi connectivity index (χ1n) is 11.5. The van der Waals surface area contributed by atoms with Gasteiger partial charge in [0.1, 0.15) is 5.52 Å². The highest BCUT2D eigenvalue weighted by molar-refractivity contribution is 6.11. The van der Waals surface area contributed by atoms with Crippen LogP contribution in [0.1, 0.15) is 15.9 Å². The molecule has 35 heavy (non-hydrogen) atoms. The summed E-state index contributed by atoms with van der Waals surface area (Å²) in [7, 11) is 0. The zero-order valence-electron chi connectivity index (χ0n) is 19.0. The molecule has 5 aromatic rings. The number of hydrogen-bond donors (Lipinski definition) is 0. The van der Waals surface area contributed by atoms with Crippen molar-refractivity contribution in [3.05, 3.63) is 90.1 Å². The third-order valence-corrected chi connectivity index (χ3v) is 6.13. The van der Waals surface area contributed by atoms with E-state index in [0.717, 1.165) is 27.5 Å². The quantitative estimate of drug-likeness (QED) is 0.300. The minimum Gasteiger partial charge on any atom is -0.378 e. The van der Waals surface area contributed by atoms with E-state index in [-0.39, 0.29) is 5.91 Å². The summed E-state index contributed by atoms with van der Waals surface area (Å²) in [4.78, 5) is 20.2. The molecule has 6 rings (SSSR count). The van der Waals surface area contributed by atoms with Gasteiger partial charge < -0.3 is 9.64 Å². The van der Waals surface area contributed by atoms with Crippen LogP contribution in [0.2, 0.25) is 0 Å². The predicted molar refractivity (Wildman–Crippen MR) is 132 cm³/mol. The van der Waals surface area contributed by atoms with Crippen molar-refractivity contribution in [3.8, 4) is 0 Å². The number of carbonyl (C=O) groups is 1. The Kier molecular flexibility index (Phi) is 5.51. The minimum absolute atomic E-state index is 0.351. The SMILES string of the molecule is O=C(/N=C(\N1CCOCC1)n1nnc2ccccc21)c1cccc2c1cnn2Cc1ccccc1. The van der Waals surface area contributed by atoms with Crippen LogP contribution in [0.15, 0.2) is 84.0 Å². The molecule has 0 radical (unpaired) electrons. The Labute approximate surface area is 201 Å². The summed E-state index contributed by atoms with van der Waals surface area (Å²) < 4.78 is 9.05. The maximum absolute atomic E-state index is 13.6. The molecule has 0 bridgehead atoms. The summed E-state index contributed by atoms with van der Waals surface area (Å²) in [6, 6.07) is 23.4. The van der Waals surface area contributed by atoms with Crippen LogP contribution >= 0.6 is 0 Å². The molecule has 1 fully saturated rings. The molecule has 1 aliphatic heterocycles. The molecule has 3 aromatic carbocycles. The fourth-order valence-corrected chi connectivity index (χ4v) is 4.36. The van der Waals surface area contributed by atoms with Gasteiger partial charge in [-0.05, 0) is 29.8 Å². The lowest BCUT2D eigenvalue weighted by atomic mass is 10.1. The predicted octanol–water partition coefficient (Wildman–Crippen LogP) is 3.21. The maximum atomic E-state index is 13.6. The van der Waals surface area contributed by atoms with Crippen LogP contribution < -0.4 is 0 Å². The first-order chi connectivity index (χ1) is 17.3. The van der Waals surface area contributed by atoms with Gasteiger partial charge in [-0.15, -0.1) is 5.10 Å². The standard InChI is InChI=1S/C26H23N7O2/c34-25(20-9-6-12-23-21(20)17-27-32(23)18-19-7-2-1-3-8-19)28-26(31-13-15-35-16-14-31)33-24-11-5-4-10-22(24)29-30-33/h1-12,17H,13-16,18H2/b28-26+. The van der Waals surface area contributed by atoms with Crippen molar-refractivity contribution < 1.29 is 9.53 Å². The average Bonchev–Trinajstić information content (AvgIpc) is 3.53. The second-order valence-electron chi connectivity index (χ2n) is 8.33. The van der Waals surface area contributed by atoms with E-state index in [1.165, 1.54) is 0 Å². The van der Waals surface area contributed by atoms with Crippen molar-refractivity contribution in [1.29, 1.82) is 0 Å². The lowest BCUT2D eigenvalue weighted by Crippen LogP contribution is -2.44. The molecular weight excluding hydrogens is 442 g/mol. The van der Waals surface area contributed by atoms with Gasteiger partial charge in [-0.2, -0.15) is 14.8 Å². The monoisotopic (exact) mass is 465 g/mol. The smallest absolute Gasteiger partial charge is 0.281 e. The topological polar surface area (TPSA) is 90.4 Å². The summed E-state index contributed by atoms with van der Waals surface area (Å²) in [6.45, 7) is 2.96. The zero-order chi connectivity index (χ0) is 23.6. The molecule has 0 unspecified atom stereocenters. The van der Waals surface area contributed by atoms with Gasteiger partial charge in [0.2, 0.25) is 5.96 Å². The molecule has 0 atom stereocenters. The summed E-state index contributed by atoms with van der Waals surface area (Å²) in [6.07, 6.45) is 1.74. The summed E-state index contributed by atoms with van der Waals surface area (Å²) in [5, 5.41) is 13.9. The average molecular weight is 466 g/mol. The van der Waals surface area contributed by atoms with Gasteiger partial charge in [-0.3, -0.25) is 9.48 Å². The Balaban J connectivity index is 1.41. The molecule has 174 valence electrons. The van der Waals surface area contributed by atoms with E-state index in [2.05, 4.69) is 32.5 Å². The van der Waals surface area contributed by atoms with Gasteiger partial charge in [0.15, 0.2) is 0 Å². The van der Waals surface area contributed by atoms with Gasteiger partial charge in [-0.1, -0.05) is 53.7 Å². The molecule has 3 heterocycles. The number of para-hydroxylation sites is 1. The maximum Gasteiger partial charge on any atom is 0.281 e. The van der Waals surface area contributed by atoms with Gasteiger partial charge in [0.25, 0.3) is 5.91 Å². The van der Waals surface area contributed by atoms with Crippen LogP contribution in [0, 0.1) is 0 Å².